The van der Waals surface area contributed by atoms with Gasteiger partial charge in [-0.3, -0.25) is 9.10 Å². The number of rotatable bonds is 6. The molecule has 1 aliphatic heterocycles. The predicted molar refractivity (Wildman–Crippen MR) is 95.3 cm³/mol. The Balaban J connectivity index is 2.28. The largest absolute Gasteiger partial charge is 0.341 e. The van der Waals surface area contributed by atoms with Gasteiger partial charge in [0, 0.05) is 27.2 Å². The number of anilines is 1. The molecule has 1 aliphatic rings. The van der Waals surface area contributed by atoms with Crippen molar-refractivity contribution in [2.75, 3.05) is 44.3 Å². The number of hydrogen-bond donors (Lipinski definition) is 0. The molecule has 0 spiro atoms. The average molecular weight is 389 g/mol. The average Bonchev–Trinajstić information content (AvgIpc) is 3.05. The monoisotopic (exact) mass is 389 g/mol. The van der Waals surface area contributed by atoms with E-state index in [0.29, 0.717) is 13.1 Å². The van der Waals surface area contributed by atoms with E-state index in [1.54, 1.807) is 4.90 Å². The molecule has 0 aromatic heterocycles. The molecule has 140 valence electrons. The Labute approximate surface area is 149 Å². The van der Waals surface area contributed by atoms with Crippen molar-refractivity contribution in [2.45, 2.75) is 17.7 Å². The van der Waals surface area contributed by atoms with E-state index in [2.05, 4.69) is 0 Å². The second-order valence-corrected chi connectivity index (χ2v) is 10.2. The summed E-state index contributed by atoms with van der Waals surface area (Å²) >= 11 is 0. The highest BCUT2D eigenvalue weighted by molar-refractivity contribution is 7.92. The lowest BCUT2D eigenvalue weighted by Crippen LogP contribution is -2.41. The summed E-state index contributed by atoms with van der Waals surface area (Å²) in [5.41, 5.74) is 0.257. The van der Waals surface area contributed by atoms with Crippen LogP contribution in [0.25, 0.3) is 0 Å². The van der Waals surface area contributed by atoms with Gasteiger partial charge in [0.25, 0.3) is 0 Å². The maximum absolute atomic E-state index is 12.3. The van der Waals surface area contributed by atoms with Gasteiger partial charge in [-0.1, -0.05) is 0 Å². The Kier molecular flexibility index (Phi) is 5.75. The van der Waals surface area contributed by atoms with Gasteiger partial charge in [0.2, 0.25) is 26.0 Å². The molecule has 25 heavy (non-hydrogen) atoms. The number of nitrogens with zero attached hydrogens (tertiary/aromatic N) is 3. The molecule has 0 aliphatic carbocycles. The minimum Gasteiger partial charge on any atom is -0.341 e. The zero-order valence-corrected chi connectivity index (χ0v) is 16.2. The Hall–Kier alpha value is -1.65. The maximum Gasteiger partial charge on any atom is 0.243 e. The quantitative estimate of drug-likeness (QED) is 0.699. The number of likely N-dealkylation sites (tertiary alicyclic amines) is 1. The van der Waals surface area contributed by atoms with Gasteiger partial charge in [-0.2, -0.15) is 0 Å². The van der Waals surface area contributed by atoms with Crippen LogP contribution in [0.1, 0.15) is 12.8 Å². The van der Waals surface area contributed by atoms with E-state index in [9.17, 15) is 21.6 Å². The molecule has 0 atom stereocenters. The number of benzene rings is 1. The molecule has 10 heteroatoms. The SMILES string of the molecule is CN(C)S(=O)(=O)c1ccc(N(CC(=O)N2CCCC2)S(C)(=O)=O)cc1. The van der Waals surface area contributed by atoms with Gasteiger partial charge in [0.15, 0.2) is 0 Å². The molecule has 0 bridgehead atoms. The summed E-state index contributed by atoms with van der Waals surface area (Å²) in [6, 6.07) is 5.47. The second kappa shape index (κ2) is 7.30. The summed E-state index contributed by atoms with van der Waals surface area (Å²) in [6.07, 6.45) is 2.86. The van der Waals surface area contributed by atoms with Crippen molar-refractivity contribution in [3.63, 3.8) is 0 Å². The number of hydrogen-bond acceptors (Lipinski definition) is 5. The van der Waals surface area contributed by atoms with Crippen LogP contribution in [0.2, 0.25) is 0 Å². The van der Waals surface area contributed by atoms with Crippen molar-refractivity contribution >= 4 is 31.6 Å². The van der Waals surface area contributed by atoms with Crippen LogP contribution in [0.4, 0.5) is 5.69 Å². The summed E-state index contributed by atoms with van der Waals surface area (Å²) < 4.78 is 50.5. The summed E-state index contributed by atoms with van der Waals surface area (Å²) in [5.74, 6) is -0.257. The third kappa shape index (κ3) is 4.50. The van der Waals surface area contributed by atoms with Crippen LogP contribution in [0.15, 0.2) is 29.2 Å². The molecule has 2 rings (SSSR count). The smallest absolute Gasteiger partial charge is 0.243 e. The van der Waals surface area contributed by atoms with Crippen molar-refractivity contribution < 1.29 is 21.6 Å². The normalized spacial score (nSPS) is 15.6. The van der Waals surface area contributed by atoms with E-state index in [4.69, 9.17) is 0 Å². The highest BCUT2D eigenvalue weighted by atomic mass is 32.2. The number of sulfonamides is 2. The molecule has 1 fully saturated rings. The molecule has 1 aromatic rings. The highest BCUT2D eigenvalue weighted by Crippen LogP contribution is 2.22. The number of carbonyl (C=O) groups excluding carboxylic acids is 1. The highest BCUT2D eigenvalue weighted by Gasteiger charge is 2.26. The molecular formula is C15H23N3O5S2. The fourth-order valence-electron chi connectivity index (χ4n) is 2.58. The molecular weight excluding hydrogens is 366 g/mol. The Morgan fingerprint density at radius 1 is 1.04 bits per heavy atom. The second-order valence-electron chi connectivity index (χ2n) is 6.14. The van der Waals surface area contributed by atoms with Gasteiger partial charge in [0.1, 0.15) is 6.54 Å². The number of carbonyl (C=O) groups is 1. The van der Waals surface area contributed by atoms with Gasteiger partial charge in [0.05, 0.1) is 16.8 Å². The molecule has 1 saturated heterocycles. The lowest BCUT2D eigenvalue weighted by molar-refractivity contribution is -0.128. The van der Waals surface area contributed by atoms with Crippen molar-refractivity contribution in [3.05, 3.63) is 24.3 Å². The summed E-state index contributed by atoms with van der Waals surface area (Å²) in [4.78, 5) is 14.0. The van der Waals surface area contributed by atoms with Crippen LogP contribution in [0, 0.1) is 0 Å². The topological polar surface area (TPSA) is 95.1 Å². The molecule has 1 heterocycles. The lowest BCUT2D eigenvalue weighted by Gasteiger charge is -2.25. The lowest BCUT2D eigenvalue weighted by atomic mass is 10.3. The van der Waals surface area contributed by atoms with E-state index in [1.807, 2.05) is 0 Å². The minimum absolute atomic E-state index is 0.0561. The first-order valence-electron chi connectivity index (χ1n) is 7.81. The van der Waals surface area contributed by atoms with E-state index < -0.39 is 20.0 Å². The van der Waals surface area contributed by atoms with Crippen molar-refractivity contribution in [3.8, 4) is 0 Å². The van der Waals surface area contributed by atoms with Crippen LogP contribution in [-0.2, 0) is 24.8 Å². The van der Waals surface area contributed by atoms with E-state index in [-0.39, 0.29) is 23.0 Å². The van der Waals surface area contributed by atoms with Gasteiger partial charge < -0.3 is 4.90 Å². The molecule has 0 N–H and O–H groups in total. The number of amides is 1. The molecule has 0 saturated carbocycles. The van der Waals surface area contributed by atoms with Crippen molar-refractivity contribution in [1.82, 2.24) is 9.21 Å². The van der Waals surface area contributed by atoms with E-state index in [0.717, 1.165) is 27.7 Å². The maximum atomic E-state index is 12.3. The van der Waals surface area contributed by atoms with Crippen LogP contribution < -0.4 is 4.31 Å². The first-order valence-corrected chi connectivity index (χ1v) is 11.1. The molecule has 1 aromatic carbocycles. The van der Waals surface area contributed by atoms with Crippen LogP contribution >= 0.6 is 0 Å². The zero-order valence-electron chi connectivity index (χ0n) is 14.5. The summed E-state index contributed by atoms with van der Waals surface area (Å²) in [6.45, 7) is 0.978. The Morgan fingerprint density at radius 2 is 1.56 bits per heavy atom. The standard InChI is InChI=1S/C15H23N3O5S2/c1-16(2)25(22,23)14-8-6-13(7-9-14)18(24(3,20)21)12-15(19)17-10-4-5-11-17/h6-9H,4-5,10-12H2,1-3H3. The minimum atomic E-state index is -3.68. The zero-order chi connectivity index (χ0) is 18.8. The van der Waals surface area contributed by atoms with Crippen molar-refractivity contribution in [2.24, 2.45) is 0 Å². The van der Waals surface area contributed by atoms with Crippen LogP contribution in [0.3, 0.4) is 0 Å². The van der Waals surface area contributed by atoms with E-state index in [1.165, 1.54) is 38.4 Å². The van der Waals surface area contributed by atoms with Gasteiger partial charge in [-0.15, -0.1) is 0 Å². The third-order valence-electron chi connectivity index (χ3n) is 4.04. The fraction of sp³-hybridized carbons (Fsp3) is 0.533. The first-order chi connectivity index (χ1) is 11.5. The Bertz CT molecular complexity index is 826. The molecule has 1 amide bonds. The van der Waals surface area contributed by atoms with Gasteiger partial charge in [-0.25, -0.2) is 21.1 Å². The molecule has 0 radical (unpaired) electrons. The summed E-state index contributed by atoms with van der Waals surface area (Å²) in [5, 5.41) is 0. The first kappa shape index (κ1) is 19.7. The summed E-state index contributed by atoms with van der Waals surface area (Å²) in [7, 11) is -4.45. The Morgan fingerprint density at radius 3 is 2.00 bits per heavy atom. The van der Waals surface area contributed by atoms with Crippen LogP contribution in [-0.4, -0.2) is 71.9 Å². The van der Waals surface area contributed by atoms with E-state index >= 15 is 0 Å². The van der Waals surface area contributed by atoms with Gasteiger partial charge in [-0.05, 0) is 37.1 Å². The molecule has 0 unspecified atom stereocenters. The van der Waals surface area contributed by atoms with Gasteiger partial charge >= 0.3 is 0 Å². The van der Waals surface area contributed by atoms with Crippen LogP contribution in [0.5, 0.6) is 0 Å². The third-order valence-corrected chi connectivity index (χ3v) is 7.01. The molecule has 8 nitrogen and oxygen atoms in total. The van der Waals surface area contributed by atoms with Crippen molar-refractivity contribution in [1.29, 1.82) is 0 Å². The predicted octanol–water partition coefficient (Wildman–Crippen LogP) is 0.325. The fourth-order valence-corrected chi connectivity index (χ4v) is 4.34.